The summed E-state index contributed by atoms with van der Waals surface area (Å²) in [5.41, 5.74) is 0.713. The first-order valence-corrected chi connectivity index (χ1v) is 6.95. The minimum absolute atomic E-state index is 0.386. The molecule has 106 valence electrons. The lowest BCUT2D eigenvalue weighted by atomic mass is 10.2. The van der Waals surface area contributed by atoms with E-state index < -0.39 is 0 Å². The highest BCUT2D eigenvalue weighted by molar-refractivity contribution is 6.35. The highest BCUT2D eigenvalue weighted by Crippen LogP contribution is 2.24. The summed E-state index contributed by atoms with van der Waals surface area (Å²) in [5, 5.41) is 15.1. The van der Waals surface area contributed by atoms with Crippen LogP contribution in [-0.2, 0) is 0 Å². The van der Waals surface area contributed by atoms with Crippen LogP contribution in [0.15, 0.2) is 24.4 Å². The molecule has 0 amide bonds. The fourth-order valence-corrected chi connectivity index (χ4v) is 2.03. The third kappa shape index (κ3) is 4.51. The first-order chi connectivity index (χ1) is 9.52. The molecule has 7 heteroatoms. The van der Waals surface area contributed by atoms with Gasteiger partial charge in [0.1, 0.15) is 0 Å². The van der Waals surface area contributed by atoms with E-state index in [9.17, 15) is 0 Å². The third-order valence-corrected chi connectivity index (χ3v) is 2.81. The molecule has 20 heavy (non-hydrogen) atoms. The molecule has 0 bridgehead atoms. The van der Waals surface area contributed by atoms with Gasteiger partial charge in [0.05, 0.1) is 6.20 Å². The van der Waals surface area contributed by atoms with Gasteiger partial charge in [-0.1, -0.05) is 37.0 Å². The van der Waals surface area contributed by atoms with E-state index in [4.69, 9.17) is 23.2 Å². The van der Waals surface area contributed by atoms with Gasteiger partial charge in [-0.05, 0) is 24.1 Å². The van der Waals surface area contributed by atoms with E-state index in [1.54, 1.807) is 24.4 Å². The van der Waals surface area contributed by atoms with Gasteiger partial charge >= 0.3 is 0 Å². The molecular formula is C13H15Cl2N5. The Bertz CT molecular complexity index is 568. The molecule has 0 fully saturated rings. The van der Waals surface area contributed by atoms with Crippen molar-refractivity contribution in [1.29, 1.82) is 0 Å². The molecule has 0 atom stereocenters. The Hall–Kier alpha value is -1.59. The van der Waals surface area contributed by atoms with Crippen LogP contribution in [0.5, 0.6) is 0 Å². The summed E-state index contributed by atoms with van der Waals surface area (Å²) >= 11 is 11.9. The maximum atomic E-state index is 5.94. The molecule has 0 saturated heterocycles. The summed E-state index contributed by atoms with van der Waals surface area (Å²) in [7, 11) is 0. The van der Waals surface area contributed by atoms with E-state index >= 15 is 0 Å². The maximum absolute atomic E-state index is 5.94. The molecule has 2 rings (SSSR count). The summed E-state index contributed by atoms with van der Waals surface area (Å²) in [6, 6.07) is 5.14. The Kier molecular flexibility index (Phi) is 4.98. The van der Waals surface area contributed by atoms with Crippen LogP contribution in [0.3, 0.4) is 0 Å². The highest BCUT2D eigenvalue weighted by Gasteiger charge is 2.04. The predicted molar refractivity (Wildman–Crippen MR) is 82.9 cm³/mol. The molecule has 1 heterocycles. The van der Waals surface area contributed by atoms with Crippen LogP contribution in [-0.4, -0.2) is 21.7 Å². The van der Waals surface area contributed by atoms with Crippen molar-refractivity contribution in [1.82, 2.24) is 15.2 Å². The van der Waals surface area contributed by atoms with Crippen molar-refractivity contribution in [3.8, 4) is 0 Å². The average molecular weight is 312 g/mol. The lowest BCUT2D eigenvalue weighted by molar-refractivity contribution is 0.686. The maximum Gasteiger partial charge on any atom is 0.249 e. The van der Waals surface area contributed by atoms with E-state index in [-0.39, 0.29) is 0 Å². The molecule has 0 aliphatic carbocycles. The molecule has 2 N–H and O–H groups in total. The first kappa shape index (κ1) is 14.8. The Balaban J connectivity index is 2.11. The number of anilines is 3. The monoisotopic (exact) mass is 311 g/mol. The molecule has 1 aromatic carbocycles. The topological polar surface area (TPSA) is 62.7 Å². The minimum Gasteiger partial charge on any atom is -0.368 e. The van der Waals surface area contributed by atoms with Gasteiger partial charge in [0.25, 0.3) is 0 Å². The zero-order chi connectivity index (χ0) is 14.5. The molecule has 0 radical (unpaired) electrons. The van der Waals surface area contributed by atoms with Gasteiger partial charge in [-0.15, -0.1) is 5.10 Å². The molecule has 0 aliphatic heterocycles. The number of nitrogens with one attached hydrogen (secondary N) is 2. The Labute approximate surface area is 127 Å². The standard InChI is InChI=1S/C13H15Cl2N5/c1-8(2)6-16-12-7-17-20-13(19-12)18-11-4-9(14)3-10(15)5-11/h3-5,7-8H,6H2,1-2H3,(H2,16,18,19,20). The van der Waals surface area contributed by atoms with Crippen LogP contribution in [0.2, 0.25) is 10.0 Å². The van der Waals surface area contributed by atoms with E-state index in [0.717, 1.165) is 6.54 Å². The van der Waals surface area contributed by atoms with Crippen molar-refractivity contribution in [2.45, 2.75) is 13.8 Å². The summed E-state index contributed by atoms with van der Waals surface area (Å²) in [6.07, 6.45) is 1.58. The van der Waals surface area contributed by atoms with Crippen molar-refractivity contribution in [2.24, 2.45) is 5.92 Å². The second-order valence-corrected chi connectivity index (χ2v) is 5.60. The Morgan fingerprint density at radius 3 is 2.50 bits per heavy atom. The fraction of sp³-hybridized carbons (Fsp3) is 0.308. The van der Waals surface area contributed by atoms with Crippen molar-refractivity contribution >= 4 is 40.7 Å². The fourth-order valence-electron chi connectivity index (χ4n) is 1.51. The number of aromatic nitrogens is 3. The Morgan fingerprint density at radius 1 is 1.15 bits per heavy atom. The zero-order valence-corrected chi connectivity index (χ0v) is 12.7. The van der Waals surface area contributed by atoms with Gasteiger partial charge in [-0.25, -0.2) is 0 Å². The van der Waals surface area contributed by atoms with Crippen molar-refractivity contribution in [3.63, 3.8) is 0 Å². The summed E-state index contributed by atoms with van der Waals surface area (Å²) < 4.78 is 0. The van der Waals surface area contributed by atoms with Crippen LogP contribution in [0, 0.1) is 5.92 Å². The largest absolute Gasteiger partial charge is 0.368 e. The number of nitrogens with zero attached hydrogens (tertiary/aromatic N) is 3. The zero-order valence-electron chi connectivity index (χ0n) is 11.2. The summed E-state index contributed by atoms with van der Waals surface area (Å²) in [4.78, 5) is 4.32. The molecule has 2 aromatic rings. The molecule has 0 aliphatic rings. The second kappa shape index (κ2) is 6.72. The quantitative estimate of drug-likeness (QED) is 0.874. The molecule has 0 unspecified atom stereocenters. The van der Waals surface area contributed by atoms with Gasteiger partial charge in [0.2, 0.25) is 5.95 Å². The highest BCUT2D eigenvalue weighted by atomic mass is 35.5. The molecular weight excluding hydrogens is 297 g/mol. The summed E-state index contributed by atoms with van der Waals surface area (Å²) in [6.45, 7) is 5.06. The smallest absolute Gasteiger partial charge is 0.249 e. The second-order valence-electron chi connectivity index (χ2n) is 4.72. The average Bonchev–Trinajstić information content (AvgIpc) is 2.35. The van der Waals surface area contributed by atoms with Crippen LogP contribution in [0.25, 0.3) is 0 Å². The third-order valence-electron chi connectivity index (χ3n) is 2.37. The first-order valence-electron chi connectivity index (χ1n) is 6.19. The lowest BCUT2D eigenvalue weighted by Gasteiger charge is -2.09. The van der Waals surface area contributed by atoms with Crippen LogP contribution in [0.4, 0.5) is 17.5 Å². The number of halogens is 2. The Morgan fingerprint density at radius 2 is 1.85 bits per heavy atom. The van der Waals surface area contributed by atoms with E-state index in [0.29, 0.717) is 33.4 Å². The minimum atomic E-state index is 0.386. The van der Waals surface area contributed by atoms with Gasteiger partial charge in [-0.2, -0.15) is 10.1 Å². The van der Waals surface area contributed by atoms with Crippen molar-refractivity contribution in [2.75, 3.05) is 17.2 Å². The van der Waals surface area contributed by atoms with Crippen LogP contribution in [0.1, 0.15) is 13.8 Å². The van der Waals surface area contributed by atoms with Gasteiger partial charge in [0, 0.05) is 22.3 Å². The normalized spacial score (nSPS) is 10.7. The van der Waals surface area contributed by atoms with Gasteiger partial charge in [0.15, 0.2) is 5.82 Å². The van der Waals surface area contributed by atoms with Gasteiger partial charge < -0.3 is 10.6 Å². The van der Waals surface area contributed by atoms with Crippen LogP contribution >= 0.6 is 23.2 Å². The van der Waals surface area contributed by atoms with Crippen molar-refractivity contribution < 1.29 is 0 Å². The SMILES string of the molecule is CC(C)CNc1cnnc(Nc2cc(Cl)cc(Cl)c2)n1. The molecule has 1 aromatic heterocycles. The van der Waals surface area contributed by atoms with E-state index in [1.807, 2.05) is 0 Å². The lowest BCUT2D eigenvalue weighted by Crippen LogP contribution is -2.10. The van der Waals surface area contributed by atoms with E-state index in [1.165, 1.54) is 0 Å². The number of benzene rings is 1. The molecule has 0 saturated carbocycles. The van der Waals surface area contributed by atoms with Gasteiger partial charge in [-0.3, -0.25) is 0 Å². The number of rotatable bonds is 5. The van der Waals surface area contributed by atoms with Crippen LogP contribution < -0.4 is 10.6 Å². The van der Waals surface area contributed by atoms with E-state index in [2.05, 4.69) is 39.7 Å². The number of hydrogen-bond donors (Lipinski definition) is 2. The molecule has 5 nitrogen and oxygen atoms in total. The molecule has 0 spiro atoms. The number of hydrogen-bond acceptors (Lipinski definition) is 5. The summed E-state index contributed by atoms with van der Waals surface area (Å²) in [5.74, 6) is 1.58. The van der Waals surface area contributed by atoms with Crippen molar-refractivity contribution in [3.05, 3.63) is 34.4 Å². The predicted octanol–water partition coefficient (Wildman–Crippen LogP) is 3.99.